The van der Waals surface area contributed by atoms with Crippen LogP contribution in [0.2, 0.25) is 0 Å². The summed E-state index contributed by atoms with van der Waals surface area (Å²) in [5, 5.41) is 5.15. The minimum Gasteiger partial charge on any atom is -0.309 e. The van der Waals surface area contributed by atoms with Gasteiger partial charge in [0.2, 0.25) is 0 Å². The van der Waals surface area contributed by atoms with Gasteiger partial charge >= 0.3 is 0 Å². The lowest BCUT2D eigenvalue weighted by Gasteiger charge is -2.11. The summed E-state index contributed by atoms with van der Waals surface area (Å²) in [6.07, 6.45) is 3.57. The molecular weight excluding hydrogens is 677 g/mol. The summed E-state index contributed by atoms with van der Waals surface area (Å²) in [7, 11) is 0. The molecule has 0 bridgehead atoms. The van der Waals surface area contributed by atoms with Crippen LogP contribution >= 0.6 is 11.3 Å². The fourth-order valence-electron chi connectivity index (χ4n) is 7.72. The van der Waals surface area contributed by atoms with Crippen LogP contribution in [0.4, 0.5) is 0 Å². The average Bonchev–Trinajstić information content (AvgIpc) is 3.78. The number of unbranched alkanes of at least 4 members (excludes halogenated alkanes) is 1. The van der Waals surface area contributed by atoms with Gasteiger partial charge in [-0.1, -0.05) is 135 Å². The molecule has 0 atom stereocenters. The SMILES string of the molecule is CCCCc1ccc2c(c1)sc1c(-c3ccc4c5ccccc5n(-c5ccc(-c6nc(-c7ccccc7)nc(-c7ccccc7)n6)cc5)c4c3)cccc12. The number of nitrogens with zero attached hydrogens (tertiary/aromatic N) is 4. The van der Waals surface area contributed by atoms with Crippen LogP contribution < -0.4 is 0 Å². The largest absolute Gasteiger partial charge is 0.309 e. The Kier molecular flexibility index (Phi) is 8.07. The molecule has 3 heterocycles. The van der Waals surface area contributed by atoms with Crippen molar-refractivity contribution < 1.29 is 0 Å². The lowest BCUT2D eigenvalue weighted by molar-refractivity contribution is 0.796. The van der Waals surface area contributed by atoms with E-state index in [0.717, 1.165) is 28.8 Å². The molecule has 0 radical (unpaired) electrons. The fraction of sp³-hybridized carbons (Fsp3) is 0.0816. The number of hydrogen-bond acceptors (Lipinski definition) is 4. The first-order chi connectivity index (χ1) is 26.7. The number of para-hydroxylation sites is 1. The molecule has 10 aromatic rings. The Morgan fingerprint density at radius 1 is 0.481 bits per heavy atom. The van der Waals surface area contributed by atoms with E-state index < -0.39 is 0 Å². The van der Waals surface area contributed by atoms with E-state index in [1.807, 2.05) is 72.0 Å². The molecule has 0 saturated heterocycles. The monoisotopic (exact) mass is 712 g/mol. The van der Waals surface area contributed by atoms with Crippen molar-refractivity contribution in [3.63, 3.8) is 0 Å². The van der Waals surface area contributed by atoms with Crippen molar-refractivity contribution >= 4 is 53.3 Å². The maximum atomic E-state index is 4.97. The van der Waals surface area contributed by atoms with Gasteiger partial charge in [-0.05, 0) is 72.0 Å². The Morgan fingerprint density at radius 3 is 1.78 bits per heavy atom. The molecule has 0 amide bonds. The summed E-state index contributed by atoms with van der Waals surface area (Å²) < 4.78 is 5.10. The summed E-state index contributed by atoms with van der Waals surface area (Å²) in [6.45, 7) is 2.26. The minimum absolute atomic E-state index is 0.646. The van der Waals surface area contributed by atoms with E-state index in [9.17, 15) is 0 Å². The second-order valence-corrected chi connectivity index (χ2v) is 14.9. The van der Waals surface area contributed by atoms with Gasteiger partial charge in [-0.25, -0.2) is 15.0 Å². The molecule has 0 aliphatic rings. The lowest BCUT2D eigenvalue weighted by Crippen LogP contribution is -2.00. The molecule has 3 aromatic heterocycles. The van der Waals surface area contributed by atoms with Crippen molar-refractivity contribution in [1.29, 1.82) is 0 Å². The predicted molar refractivity (Wildman–Crippen MR) is 227 cm³/mol. The van der Waals surface area contributed by atoms with Crippen LogP contribution in [0.25, 0.3) is 93.0 Å². The molecule has 7 aromatic carbocycles. The first kappa shape index (κ1) is 32.2. The smallest absolute Gasteiger partial charge is 0.164 e. The zero-order chi connectivity index (χ0) is 36.0. The van der Waals surface area contributed by atoms with Crippen LogP contribution in [0.3, 0.4) is 0 Å². The van der Waals surface area contributed by atoms with Gasteiger partial charge < -0.3 is 4.57 Å². The number of aromatic nitrogens is 4. The zero-order valence-corrected chi connectivity index (χ0v) is 30.7. The van der Waals surface area contributed by atoms with Crippen LogP contribution in [0, 0.1) is 0 Å². The van der Waals surface area contributed by atoms with Crippen LogP contribution in [0.1, 0.15) is 25.3 Å². The van der Waals surface area contributed by atoms with Crippen molar-refractivity contribution in [3.05, 3.63) is 169 Å². The van der Waals surface area contributed by atoms with Gasteiger partial charge in [-0.15, -0.1) is 11.3 Å². The zero-order valence-electron chi connectivity index (χ0n) is 29.9. The molecule has 0 N–H and O–H groups in total. The maximum Gasteiger partial charge on any atom is 0.164 e. The third-order valence-electron chi connectivity index (χ3n) is 10.5. The first-order valence-corrected chi connectivity index (χ1v) is 19.5. The van der Waals surface area contributed by atoms with Crippen molar-refractivity contribution in [1.82, 2.24) is 19.5 Å². The normalized spacial score (nSPS) is 11.6. The highest BCUT2D eigenvalue weighted by atomic mass is 32.1. The van der Waals surface area contributed by atoms with E-state index in [1.165, 1.54) is 71.5 Å². The lowest BCUT2D eigenvalue weighted by atomic mass is 10.0. The van der Waals surface area contributed by atoms with Gasteiger partial charge in [0, 0.05) is 53.3 Å². The third kappa shape index (κ3) is 5.65. The van der Waals surface area contributed by atoms with E-state index in [1.54, 1.807) is 0 Å². The number of hydrogen-bond donors (Lipinski definition) is 0. The quantitative estimate of drug-likeness (QED) is 0.158. The van der Waals surface area contributed by atoms with E-state index in [0.29, 0.717) is 17.5 Å². The van der Waals surface area contributed by atoms with E-state index >= 15 is 0 Å². The second kappa shape index (κ2) is 13.5. The Bertz CT molecular complexity index is 2900. The minimum atomic E-state index is 0.646. The molecule has 0 saturated carbocycles. The van der Waals surface area contributed by atoms with E-state index in [2.05, 4.69) is 115 Å². The van der Waals surface area contributed by atoms with Crippen LogP contribution in [-0.2, 0) is 6.42 Å². The molecule has 5 heteroatoms. The average molecular weight is 713 g/mol. The number of fused-ring (bicyclic) bond motifs is 6. The number of benzene rings is 7. The summed E-state index contributed by atoms with van der Waals surface area (Å²) >= 11 is 1.92. The van der Waals surface area contributed by atoms with Crippen molar-refractivity contribution in [2.75, 3.05) is 0 Å². The van der Waals surface area contributed by atoms with Crippen molar-refractivity contribution in [2.45, 2.75) is 26.2 Å². The maximum absolute atomic E-state index is 4.97. The molecular formula is C49H36N4S. The van der Waals surface area contributed by atoms with E-state index in [4.69, 9.17) is 15.0 Å². The molecule has 4 nitrogen and oxygen atoms in total. The number of thiophene rings is 1. The highest BCUT2D eigenvalue weighted by molar-refractivity contribution is 7.26. The molecule has 0 spiro atoms. The van der Waals surface area contributed by atoms with Gasteiger partial charge in [0.25, 0.3) is 0 Å². The van der Waals surface area contributed by atoms with Crippen LogP contribution in [0.15, 0.2) is 164 Å². The van der Waals surface area contributed by atoms with Crippen molar-refractivity contribution in [3.8, 4) is 51.0 Å². The Morgan fingerprint density at radius 2 is 1.07 bits per heavy atom. The number of rotatable bonds is 8. The van der Waals surface area contributed by atoms with Gasteiger partial charge in [0.15, 0.2) is 17.5 Å². The first-order valence-electron chi connectivity index (χ1n) is 18.7. The Balaban J connectivity index is 1.09. The molecule has 54 heavy (non-hydrogen) atoms. The van der Waals surface area contributed by atoms with E-state index in [-0.39, 0.29) is 0 Å². The Labute approximate surface area is 318 Å². The van der Waals surface area contributed by atoms with Crippen molar-refractivity contribution in [2.24, 2.45) is 0 Å². The summed E-state index contributed by atoms with van der Waals surface area (Å²) in [5.74, 6) is 1.96. The third-order valence-corrected chi connectivity index (χ3v) is 11.7. The highest BCUT2D eigenvalue weighted by Crippen LogP contribution is 2.42. The molecule has 0 aliphatic heterocycles. The second-order valence-electron chi connectivity index (χ2n) is 13.9. The van der Waals surface area contributed by atoms with Gasteiger partial charge in [-0.3, -0.25) is 0 Å². The standard InChI is InChI=1S/C49H36N4S/c1-2-3-13-32-22-28-41-42-20-12-19-38(46(42)54-45(41)30-32)36-25-29-40-39-18-10-11-21-43(39)53(44(40)31-36)37-26-23-35(24-27-37)49-51-47(33-14-6-4-7-15-33)50-48(52-49)34-16-8-5-9-17-34/h4-12,14-31H,2-3,13H2,1H3. The molecule has 0 fully saturated rings. The topological polar surface area (TPSA) is 43.6 Å². The molecule has 258 valence electrons. The summed E-state index contributed by atoms with van der Waals surface area (Å²) in [4.78, 5) is 14.8. The summed E-state index contributed by atoms with van der Waals surface area (Å²) in [5.41, 5.74) is 10.2. The van der Waals surface area contributed by atoms with Crippen LogP contribution in [0.5, 0.6) is 0 Å². The Hall–Kier alpha value is -6.43. The summed E-state index contributed by atoms with van der Waals surface area (Å²) in [6, 6.07) is 58.4. The van der Waals surface area contributed by atoms with Gasteiger partial charge in [-0.2, -0.15) is 0 Å². The fourth-order valence-corrected chi connectivity index (χ4v) is 9.02. The molecule has 0 aliphatic carbocycles. The number of aryl methyl sites for hydroxylation is 1. The highest BCUT2D eigenvalue weighted by Gasteiger charge is 2.17. The van der Waals surface area contributed by atoms with Crippen LogP contribution in [-0.4, -0.2) is 19.5 Å². The molecule has 0 unspecified atom stereocenters. The van der Waals surface area contributed by atoms with Gasteiger partial charge in [0.1, 0.15) is 0 Å². The molecule has 10 rings (SSSR count). The van der Waals surface area contributed by atoms with Gasteiger partial charge in [0.05, 0.1) is 11.0 Å². The predicted octanol–water partition coefficient (Wildman–Crippen LogP) is 13.3.